The van der Waals surface area contributed by atoms with Gasteiger partial charge in [0.2, 0.25) is 5.91 Å². The Morgan fingerprint density at radius 3 is 1.44 bits per heavy atom. The molecule has 0 aromatic rings. The second-order valence-electron chi connectivity index (χ2n) is 10.5. The molecule has 1 amide bonds. The van der Waals surface area contributed by atoms with Crippen molar-refractivity contribution in [2.75, 3.05) is 20.1 Å². The number of hydrogen-bond acceptors (Lipinski definition) is 3. The zero-order valence-corrected chi connectivity index (χ0v) is 23.9. The summed E-state index contributed by atoms with van der Waals surface area (Å²) < 4.78 is 0. The minimum absolute atomic E-state index is 0.0323. The Labute approximate surface area is 214 Å². The molecule has 0 aromatic carbocycles. The molecule has 0 radical (unpaired) electrons. The van der Waals surface area contributed by atoms with E-state index in [4.69, 9.17) is 0 Å². The Kier molecular flexibility index (Phi) is 26.5. The molecule has 0 aliphatic carbocycles. The van der Waals surface area contributed by atoms with Gasteiger partial charge in [0.05, 0.1) is 0 Å². The van der Waals surface area contributed by atoms with Crippen molar-refractivity contribution < 1.29 is 4.79 Å². The summed E-state index contributed by atoms with van der Waals surface area (Å²) >= 11 is 0. The monoisotopic (exact) mass is 481 g/mol. The molecular formula is C30H63N3O. The Bertz CT molecular complexity index is 416. The predicted molar refractivity (Wildman–Crippen MR) is 151 cm³/mol. The quantitative estimate of drug-likeness (QED) is 0.0912. The Balaban J connectivity index is 3.56. The molecule has 204 valence electrons. The highest BCUT2D eigenvalue weighted by Gasteiger charge is 2.15. The van der Waals surface area contributed by atoms with Crippen LogP contribution >= 0.6 is 0 Å². The fourth-order valence-electron chi connectivity index (χ4n) is 4.65. The van der Waals surface area contributed by atoms with E-state index in [9.17, 15) is 4.79 Å². The van der Waals surface area contributed by atoms with Crippen molar-refractivity contribution in [1.82, 2.24) is 15.5 Å². The van der Waals surface area contributed by atoms with Gasteiger partial charge < -0.3 is 5.32 Å². The molecule has 0 aliphatic heterocycles. The highest BCUT2D eigenvalue weighted by Crippen LogP contribution is 2.14. The Morgan fingerprint density at radius 2 is 1.00 bits per heavy atom. The standard InChI is InChI=1S/C30H63N3O/c1-5-8-10-11-12-13-14-15-16-17-18-19-20-21-22-23-24-26-29(34)32-30(33(4)28-7-3)31-27-25-9-6-2/h30-31H,5-28H2,1-4H3,(H,32,34). The van der Waals surface area contributed by atoms with Crippen LogP contribution in [0.15, 0.2) is 0 Å². The molecule has 1 atom stereocenters. The average Bonchev–Trinajstić information content (AvgIpc) is 2.83. The second-order valence-corrected chi connectivity index (χ2v) is 10.5. The second kappa shape index (κ2) is 27.0. The van der Waals surface area contributed by atoms with Crippen molar-refractivity contribution in [2.45, 2.75) is 168 Å². The molecule has 0 rings (SSSR count). The zero-order chi connectivity index (χ0) is 25.1. The van der Waals surface area contributed by atoms with Crippen LogP contribution in [0.3, 0.4) is 0 Å². The first kappa shape index (κ1) is 33.4. The van der Waals surface area contributed by atoms with Crippen LogP contribution in [-0.4, -0.2) is 37.2 Å². The van der Waals surface area contributed by atoms with E-state index in [1.807, 2.05) is 0 Å². The molecule has 0 aromatic heterocycles. The summed E-state index contributed by atoms with van der Waals surface area (Å²) in [6, 6.07) is 0. The zero-order valence-electron chi connectivity index (χ0n) is 23.9. The SMILES string of the molecule is CCCCCCCCCCCCCCCCCCCC(=O)NC(NCCCCC)N(C)CCC. The molecule has 4 nitrogen and oxygen atoms in total. The number of carbonyl (C=O) groups excluding carboxylic acids is 1. The van der Waals surface area contributed by atoms with E-state index in [0.717, 1.165) is 25.9 Å². The van der Waals surface area contributed by atoms with Gasteiger partial charge in [-0.3, -0.25) is 15.0 Å². The normalized spacial score (nSPS) is 12.4. The van der Waals surface area contributed by atoms with Crippen LogP contribution in [0.25, 0.3) is 0 Å². The van der Waals surface area contributed by atoms with Gasteiger partial charge in [-0.2, -0.15) is 0 Å². The predicted octanol–water partition coefficient (Wildman–Crippen LogP) is 8.55. The third kappa shape index (κ3) is 23.1. The molecule has 34 heavy (non-hydrogen) atoms. The molecule has 0 bridgehead atoms. The average molecular weight is 482 g/mol. The number of amides is 1. The molecule has 1 unspecified atom stereocenters. The molecule has 0 aliphatic rings. The van der Waals surface area contributed by atoms with Crippen molar-refractivity contribution in [3.8, 4) is 0 Å². The summed E-state index contributed by atoms with van der Waals surface area (Å²) in [4.78, 5) is 14.7. The number of unbranched alkanes of at least 4 members (excludes halogenated alkanes) is 18. The molecular weight excluding hydrogens is 418 g/mol. The molecule has 4 heteroatoms. The van der Waals surface area contributed by atoms with Crippen LogP contribution in [-0.2, 0) is 4.79 Å². The van der Waals surface area contributed by atoms with Crippen molar-refractivity contribution in [2.24, 2.45) is 0 Å². The maximum absolute atomic E-state index is 12.4. The number of hydrogen-bond donors (Lipinski definition) is 2. The summed E-state index contributed by atoms with van der Waals surface area (Å²) in [5, 5.41) is 6.73. The minimum atomic E-state index is -0.0323. The van der Waals surface area contributed by atoms with Crippen molar-refractivity contribution in [3.05, 3.63) is 0 Å². The lowest BCUT2D eigenvalue weighted by Gasteiger charge is -2.29. The first-order valence-corrected chi connectivity index (χ1v) is 15.4. The van der Waals surface area contributed by atoms with Crippen LogP contribution in [0.5, 0.6) is 0 Å². The highest BCUT2D eigenvalue weighted by atomic mass is 16.1. The van der Waals surface area contributed by atoms with Crippen LogP contribution < -0.4 is 10.6 Å². The van der Waals surface area contributed by atoms with Crippen molar-refractivity contribution in [3.63, 3.8) is 0 Å². The fourth-order valence-corrected chi connectivity index (χ4v) is 4.65. The number of rotatable bonds is 27. The Hall–Kier alpha value is -0.610. The van der Waals surface area contributed by atoms with Crippen molar-refractivity contribution in [1.29, 1.82) is 0 Å². The smallest absolute Gasteiger partial charge is 0.222 e. The topological polar surface area (TPSA) is 44.4 Å². The lowest BCUT2D eigenvalue weighted by atomic mass is 10.0. The van der Waals surface area contributed by atoms with Gasteiger partial charge in [0.25, 0.3) is 0 Å². The number of nitrogens with one attached hydrogen (secondary N) is 2. The molecule has 0 spiro atoms. The first-order chi connectivity index (χ1) is 16.7. The maximum Gasteiger partial charge on any atom is 0.222 e. The third-order valence-corrected chi connectivity index (χ3v) is 6.94. The van der Waals surface area contributed by atoms with E-state index in [0.29, 0.717) is 6.42 Å². The van der Waals surface area contributed by atoms with E-state index in [1.165, 1.54) is 122 Å². The van der Waals surface area contributed by atoms with Crippen LogP contribution in [0.1, 0.15) is 162 Å². The molecule has 0 heterocycles. The van der Waals surface area contributed by atoms with Gasteiger partial charge in [-0.25, -0.2) is 0 Å². The summed E-state index contributed by atoms with van der Waals surface area (Å²) in [5.74, 6) is 0.192. The first-order valence-electron chi connectivity index (χ1n) is 15.4. The van der Waals surface area contributed by atoms with Gasteiger partial charge in [0, 0.05) is 13.0 Å². The molecule has 0 fully saturated rings. The summed E-state index contributed by atoms with van der Waals surface area (Å²) in [6.07, 6.45) is 28.7. The lowest BCUT2D eigenvalue weighted by molar-refractivity contribution is -0.123. The highest BCUT2D eigenvalue weighted by molar-refractivity contribution is 5.76. The fraction of sp³-hybridized carbons (Fsp3) is 0.967. The van der Waals surface area contributed by atoms with Gasteiger partial charge in [-0.05, 0) is 32.9 Å². The van der Waals surface area contributed by atoms with E-state index in [2.05, 4.69) is 43.4 Å². The van der Waals surface area contributed by atoms with Crippen LogP contribution in [0.2, 0.25) is 0 Å². The molecule has 2 N–H and O–H groups in total. The summed E-state index contributed by atoms with van der Waals surface area (Å²) in [6.45, 7) is 8.65. The van der Waals surface area contributed by atoms with Gasteiger partial charge in [-0.1, -0.05) is 136 Å². The van der Waals surface area contributed by atoms with Crippen LogP contribution in [0, 0.1) is 0 Å². The number of carbonyl (C=O) groups is 1. The minimum Gasteiger partial charge on any atom is -0.328 e. The molecule has 0 saturated heterocycles. The van der Waals surface area contributed by atoms with E-state index < -0.39 is 0 Å². The van der Waals surface area contributed by atoms with E-state index in [-0.39, 0.29) is 12.2 Å². The van der Waals surface area contributed by atoms with E-state index >= 15 is 0 Å². The van der Waals surface area contributed by atoms with Gasteiger partial charge in [-0.15, -0.1) is 0 Å². The summed E-state index contributed by atoms with van der Waals surface area (Å²) in [7, 11) is 2.09. The molecule has 0 saturated carbocycles. The Morgan fingerprint density at radius 1 is 0.588 bits per heavy atom. The largest absolute Gasteiger partial charge is 0.328 e. The van der Waals surface area contributed by atoms with Gasteiger partial charge in [0.15, 0.2) is 0 Å². The lowest BCUT2D eigenvalue weighted by Crippen LogP contribution is -2.55. The van der Waals surface area contributed by atoms with Crippen molar-refractivity contribution >= 4 is 5.91 Å². The van der Waals surface area contributed by atoms with Gasteiger partial charge in [0.1, 0.15) is 6.29 Å². The third-order valence-electron chi connectivity index (χ3n) is 6.94. The number of nitrogens with zero attached hydrogens (tertiary/aromatic N) is 1. The van der Waals surface area contributed by atoms with Crippen LogP contribution in [0.4, 0.5) is 0 Å². The van der Waals surface area contributed by atoms with Gasteiger partial charge >= 0.3 is 0 Å². The maximum atomic E-state index is 12.4. The van der Waals surface area contributed by atoms with E-state index in [1.54, 1.807) is 0 Å². The summed E-state index contributed by atoms with van der Waals surface area (Å²) in [5.41, 5.74) is 0.